The fourth-order valence-electron chi connectivity index (χ4n) is 2.26. The average Bonchev–Trinajstić information content (AvgIpc) is 2.91. The van der Waals surface area contributed by atoms with Gasteiger partial charge in [-0.05, 0) is 37.1 Å². The summed E-state index contributed by atoms with van der Waals surface area (Å²) in [6.07, 6.45) is 4.16. The van der Waals surface area contributed by atoms with E-state index in [2.05, 4.69) is 35.9 Å². The molecular formula is C17H25NO3. The van der Waals surface area contributed by atoms with Crippen molar-refractivity contribution in [2.45, 2.75) is 26.3 Å². The first-order valence-electron chi connectivity index (χ1n) is 7.63. The van der Waals surface area contributed by atoms with Crippen molar-refractivity contribution in [3.8, 4) is 5.75 Å². The molecule has 0 N–H and O–H groups in total. The Bertz CT molecular complexity index is 536. The summed E-state index contributed by atoms with van der Waals surface area (Å²) in [6.45, 7) is 5.94. The molecule has 1 heterocycles. The summed E-state index contributed by atoms with van der Waals surface area (Å²) in [6, 6.07) is 8.42. The minimum absolute atomic E-state index is 0.660. The smallest absolute Gasteiger partial charge is 0.120 e. The number of methoxy groups -OCH3 is 1. The number of benzene rings is 1. The standard InChI is InChI=1S/C17H25NO3/c1-3-10-21-16-5-6-17-15(14-16)7-9-18(17)8-4-11-20-13-12-19-2/h5-7,9,14H,3-4,8,10-13H2,1-2H3. The van der Waals surface area contributed by atoms with Crippen molar-refractivity contribution >= 4 is 10.9 Å². The maximum absolute atomic E-state index is 5.67. The highest BCUT2D eigenvalue weighted by Gasteiger charge is 2.03. The van der Waals surface area contributed by atoms with E-state index < -0.39 is 0 Å². The molecule has 4 nitrogen and oxygen atoms in total. The zero-order valence-corrected chi connectivity index (χ0v) is 13.0. The van der Waals surface area contributed by atoms with Crippen molar-refractivity contribution in [3.05, 3.63) is 30.5 Å². The predicted octanol–water partition coefficient (Wildman–Crippen LogP) is 3.48. The van der Waals surface area contributed by atoms with E-state index in [9.17, 15) is 0 Å². The summed E-state index contributed by atoms with van der Waals surface area (Å²) >= 11 is 0. The quantitative estimate of drug-likeness (QED) is 0.628. The highest BCUT2D eigenvalue weighted by atomic mass is 16.5. The molecule has 116 valence electrons. The molecule has 0 atom stereocenters. The molecule has 0 aliphatic heterocycles. The normalized spacial score (nSPS) is 11.1. The highest BCUT2D eigenvalue weighted by molar-refractivity contribution is 5.81. The zero-order chi connectivity index (χ0) is 14.9. The first-order valence-corrected chi connectivity index (χ1v) is 7.63. The lowest BCUT2D eigenvalue weighted by Gasteiger charge is -2.08. The van der Waals surface area contributed by atoms with Gasteiger partial charge in [-0.3, -0.25) is 0 Å². The van der Waals surface area contributed by atoms with Crippen LogP contribution in [-0.4, -0.2) is 38.1 Å². The summed E-state index contributed by atoms with van der Waals surface area (Å²) in [7, 11) is 1.69. The highest BCUT2D eigenvalue weighted by Crippen LogP contribution is 2.22. The third-order valence-electron chi connectivity index (χ3n) is 3.33. The van der Waals surface area contributed by atoms with Crippen molar-refractivity contribution in [3.63, 3.8) is 0 Å². The van der Waals surface area contributed by atoms with Crippen LogP contribution in [0, 0.1) is 0 Å². The summed E-state index contributed by atoms with van der Waals surface area (Å²) in [5.74, 6) is 0.949. The Balaban J connectivity index is 1.86. The third-order valence-corrected chi connectivity index (χ3v) is 3.33. The molecule has 1 aromatic carbocycles. The van der Waals surface area contributed by atoms with Crippen LogP contribution in [0.25, 0.3) is 10.9 Å². The Kier molecular flexibility index (Phi) is 6.57. The van der Waals surface area contributed by atoms with Gasteiger partial charge >= 0.3 is 0 Å². The number of aromatic nitrogens is 1. The number of hydrogen-bond acceptors (Lipinski definition) is 3. The molecular weight excluding hydrogens is 266 g/mol. The Morgan fingerprint density at radius 2 is 1.95 bits per heavy atom. The van der Waals surface area contributed by atoms with E-state index >= 15 is 0 Å². The van der Waals surface area contributed by atoms with Gasteiger partial charge in [0.05, 0.1) is 19.8 Å². The van der Waals surface area contributed by atoms with Gasteiger partial charge in [-0.25, -0.2) is 0 Å². The van der Waals surface area contributed by atoms with Gasteiger partial charge in [0.2, 0.25) is 0 Å². The minimum atomic E-state index is 0.660. The number of fused-ring (bicyclic) bond motifs is 1. The second-order valence-electron chi connectivity index (χ2n) is 5.04. The molecule has 2 aromatic rings. The summed E-state index contributed by atoms with van der Waals surface area (Å²) in [5.41, 5.74) is 1.25. The molecule has 0 bridgehead atoms. The Hall–Kier alpha value is -1.52. The molecule has 0 aliphatic carbocycles. The molecule has 4 heteroatoms. The maximum atomic E-state index is 5.67. The van der Waals surface area contributed by atoms with E-state index in [-0.39, 0.29) is 0 Å². The van der Waals surface area contributed by atoms with Gasteiger partial charge in [0.25, 0.3) is 0 Å². The SMILES string of the molecule is CCCOc1ccc2c(ccn2CCCOCCOC)c1. The van der Waals surface area contributed by atoms with Gasteiger partial charge in [-0.1, -0.05) is 6.92 Å². The molecule has 2 rings (SSSR count). The van der Waals surface area contributed by atoms with Crippen molar-refractivity contribution in [2.24, 2.45) is 0 Å². The van der Waals surface area contributed by atoms with Crippen LogP contribution >= 0.6 is 0 Å². The van der Waals surface area contributed by atoms with E-state index in [1.807, 2.05) is 6.07 Å². The molecule has 0 unspecified atom stereocenters. The first kappa shape index (κ1) is 15.9. The number of nitrogens with zero attached hydrogens (tertiary/aromatic N) is 1. The van der Waals surface area contributed by atoms with Crippen molar-refractivity contribution < 1.29 is 14.2 Å². The number of hydrogen-bond donors (Lipinski definition) is 0. The molecule has 0 saturated heterocycles. The van der Waals surface area contributed by atoms with Gasteiger partial charge in [-0.15, -0.1) is 0 Å². The van der Waals surface area contributed by atoms with Gasteiger partial charge in [-0.2, -0.15) is 0 Å². The van der Waals surface area contributed by atoms with Crippen molar-refractivity contribution in [1.82, 2.24) is 4.57 Å². The van der Waals surface area contributed by atoms with Crippen molar-refractivity contribution in [1.29, 1.82) is 0 Å². The second kappa shape index (κ2) is 8.70. The summed E-state index contributed by atoms with van der Waals surface area (Å²) < 4.78 is 18.4. The van der Waals surface area contributed by atoms with Crippen LogP contribution in [0.2, 0.25) is 0 Å². The van der Waals surface area contributed by atoms with Crippen LogP contribution in [0.15, 0.2) is 30.5 Å². The fourth-order valence-corrected chi connectivity index (χ4v) is 2.26. The Morgan fingerprint density at radius 1 is 1.05 bits per heavy atom. The predicted molar refractivity (Wildman–Crippen MR) is 85.0 cm³/mol. The van der Waals surface area contributed by atoms with E-state index in [1.165, 1.54) is 10.9 Å². The van der Waals surface area contributed by atoms with E-state index in [1.54, 1.807) is 7.11 Å². The third kappa shape index (κ3) is 4.76. The van der Waals surface area contributed by atoms with Crippen LogP contribution in [0.1, 0.15) is 19.8 Å². The first-order chi connectivity index (χ1) is 10.3. The molecule has 0 radical (unpaired) electrons. The maximum Gasteiger partial charge on any atom is 0.120 e. The van der Waals surface area contributed by atoms with E-state index in [0.717, 1.165) is 38.3 Å². The van der Waals surface area contributed by atoms with Crippen LogP contribution in [-0.2, 0) is 16.0 Å². The van der Waals surface area contributed by atoms with Crippen LogP contribution < -0.4 is 4.74 Å². The molecule has 0 saturated carbocycles. The van der Waals surface area contributed by atoms with Gasteiger partial charge in [0, 0.05) is 37.4 Å². The molecule has 1 aromatic heterocycles. The van der Waals surface area contributed by atoms with Crippen LogP contribution in [0.4, 0.5) is 0 Å². The fraction of sp³-hybridized carbons (Fsp3) is 0.529. The molecule has 0 fully saturated rings. The largest absolute Gasteiger partial charge is 0.494 e. The average molecular weight is 291 g/mol. The molecule has 21 heavy (non-hydrogen) atoms. The molecule has 0 amide bonds. The lowest BCUT2D eigenvalue weighted by molar-refractivity contribution is 0.0681. The zero-order valence-electron chi connectivity index (χ0n) is 13.0. The summed E-state index contributed by atoms with van der Waals surface area (Å²) in [5, 5.41) is 1.23. The van der Waals surface area contributed by atoms with Gasteiger partial charge in [0.1, 0.15) is 5.75 Å². The van der Waals surface area contributed by atoms with Gasteiger partial charge in [0.15, 0.2) is 0 Å². The molecule has 0 aliphatic rings. The summed E-state index contributed by atoms with van der Waals surface area (Å²) in [4.78, 5) is 0. The lowest BCUT2D eigenvalue weighted by Crippen LogP contribution is -2.05. The van der Waals surface area contributed by atoms with Crippen LogP contribution in [0.3, 0.4) is 0 Å². The minimum Gasteiger partial charge on any atom is -0.494 e. The molecule has 0 spiro atoms. The Labute approximate surface area is 126 Å². The number of rotatable bonds is 10. The van der Waals surface area contributed by atoms with Gasteiger partial charge < -0.3 is 18.8 Å². The van der Waals surface area contributed by atoms with Crippen molar-refractivity contribution in [2.75, 3.05) is 33.5 Å². The lowest BCUT2D eigenvalue weighted by atomic mass is 10.2. The monoisotopic (exact) mass is 291 g/mol. The van der Waals surface area contributed by atoms with E-state index in [4.69, 9.17) is 14.2 Å². The van der Waals surface area contributed by atoms with Crippen LogP contribution in [0.5, 0.6) is 5.75 Å². The second-order valence-corrected chi connectivity index (χ2v) is 5.04. The van der Waals surface area contributed by atoms with E-state index in [0.29, 0.717) is 13.2 Å². The Morgan fingerprint density at radius 3 is 2.76 bits per heavy atom. The number of aryl methyl sites for hydroxylation is 1. The topological polar surface area (TPSA) is 32.6 Å². The number of ether oxygens (including phenoxy) is 3.